The summed E-state index contributed by atoms with van der Waals surface area (Å²) in [5, 5.41) is 0. The van der Waals surface area contributed by atoms with Gasteiger partial charge < -0.3 is 0 Å². The quantitative estimate of drug-likeness (QED) is 0.726. The lowest BCUT2D eigenvalue weighted by Gasteiger charge is -2.13. The van der Waals surface area contributed by atoms with Crippen LogP contribution in [0.4, 0.5) is 0 Å². The fourth-order valence-electron chi connectivity index (χ4n) is 2.12. The molecule has 0 amide bonds. The maximum absolute atomic E-state index is 4.06. The molecule has 2 aromatic rings. The molecule has 0 unspecified atom stereocenters. The van der Waals surface area contributed by atoms with E-state index in [0.717, 1.165) is 0 Å². The van der Waals surface area contributed by atoms with Crippen LogP contribution >= 0.6 is 0 Å². The second kappa shape index (κ2) is 4.48. The van der Waals surface area contributed by atoms with Gasteiger partial charge in [0.25, 0.3) is 0 Å². The molecule has 0 fully saturated rings. The molecule has 0 aliphatic rings. The van der Waals surface area contributed by atoms with E-state index in [1.165, 1.54) is 22.3 Å². The fourth-order valence-corrected chi connectivity index (χ4v) is 2.12. The molecule has 16 heavy (non-hydrogen) atoms. The minimum atomic E-state index is 0.571. The highest BCUT2D eigenvalue weighted by molar-refractivity contribution is 5.68. The van der Waals surface area contributed by atoms with Gasteiger partial charge in [-0.3, -0.25) is 4.98 Å². The Labute approximate surface area is 97.2 Å². The minimum absolute atomic E-state index is 0.571. The summed E-state index contributed by atoms with van der Waals surface area (Å²) in [5.74, 6) is 0.571. The van der Waals surface area contributed by atoms with Crippen LogP contribution < -0.4 is 0 Å². The number of nitrogens with zero attached hydrogens (tertiary/aromatic N) is 1. The van der Waals surface area contributed by atoms with Crippen LogP contribution in [-0.2, 0) is 0 Å². The normalized spacial score (nSPS) is 10.8. The predicted molar refractivity (Wildman–Crippen MR) is 68.5 cm³/mol. The summed E-state index contributed by atoms with van der Waals surface area (Å²) < 4.78 is 0. The SMILES string of the molecule is Cc1c(-c2ccncc2)cccc1C(C)C. The van der Waals surface area contributed by atoms with Crippen LogP contribution in [0.15, 0.2) is 42.7 Å². The monoisotopic (exact) mass is 211 g/mol. The average molecular weight is 211 g/mol. The van der Waals surface area contributed by atoms with Crippen molar-refractivity contribution in [3.8, 4) is 11.1 Å². The summed E-state index contributed by atoms with van der Waals surface area (Å²) in [6.45, 7) is 6.67. The van der Waals surface area contributed by atoms with E-state index >= 15 is 0 Å². The number of rotatable bonds is 2. The Hall–Kier alpha value is -1.63. The van der Waals surface area contributed by atoms with Gasteiger partial charge in [0.1, 0.15) is 0 Å². The van der Waals surface area contributed by atoms with Crippen molar-refractivity contribution in [2.75, 3.05) is 0 Å². The molecule has 0 saturated carbocycles. The first-order valence-corrected chi connectivity index (χ1v) is 5.70. The molecular formula is C15H17N. The van der Waals surface area contributed by atoms with Crippen LogP contribution in [0.2, 0.25) is 0 Å². The van der Waals surface area contributed by atoms with Gasteiger partial charge in [0, 0.05) is 12.4 Å². The molecule has 1 heterocycles. The first-order chi connectivity index (χ1) is 7.70. The van der Waals surface area contributed by atoms with Gasteiger partial charge in [-0.2, -0.15) is 0 Å². The molecule has 1 heteroatoms. The summed E-state index contributed by atoms with van der Waals surface area (Å²) in [5.41, 5.74) is 5.36. The number of hydrogen-bond acceptors (Lipinski definition) is 1. The average Bonchev–Trinajstić information content (AvgIpc) is 2.30. The van der Waals surface area contributed by atoms with Gasteiger partial charge in [0.2, 0.25) is 0 Å². The summed E-state index contributed by atoms with van der Waals surface area (Å²) >= 11 is 0. The third-order valence-corrected chi connectivity index (χ3v) is 2.99. The highest BCUT2D eigenvalue weighted by Crippen LogP contribution is 2.28. The van der Waals surface area contributed by atoms with E-state index < -0.39 is 0 Å². The second-order valence-electron chi connectivity index (χ2n) is 4.41. The molecule has 0 saturated heterocycles. The van der Waals surface area contributed by atoms with E-state index in [4.69, 9.17) is 0 Å². The van der Waals surface area contributed by atoms with E-state index in [-0.39, 0.29) is 0 Å². The molecule has 0 spiro atoms. The number of pyridine rings is 1. The van der Waals surface area contributed by atoms with Gasteiger partial charge in [-0.05, 0) is 47.2 Å². The molecule has 0 aliphatic carbocycles. The van der Waals surface area contributed by atoms with Crippen LogP contribution in [0.5, 0.6) is 0 Å². The van der Waals surface area contributed by atoms with Crippen molar-refractivity contribution in [1.82, 2.24) is 4.98 Å². The van der Waals surface area contributed by atoms with Crippen molar-refractivity contribution in [2.24, 2.45) is 0 Å². The first kappa shape index (κ1) is 10.9. The van der Waals surface area contributed by atoms with Crippen molar-refractivity contribution in [3.63, 3.8) is 0 Å². The fraction of sp³-hybridized carbons (Fsp3) is 0.267. The van der Waals surface area contributed by atoms with Gasteiger partial charge in [-0.1, -0.05) is 32.0 Å². The Morgan fingerprint density at radius 3 is 2.31 bits per heavy atom. The summed E-state index contributed by atoms with van der Waals surface area (Å²) in [6.07, 6.45) is 3.69. The van der Waals surface area contributed by atoms with Crippen LogP contribution in [0.25, 0.3) is 11.1 Å². The van der Waals surface area contributed by atoms with E-state index in [2.05, 4.69) is 56.1 Å². The highest BCUT2D eigenvalue weighted by atomic mass is 14.6. The Balaban J connectivity index is 2.55. The largest absolute Gasteiger partial charge is 0.265 e. The number of aromatic nitrogens is 1. The third kappa shape index (κ3) is 1.99. The van der Waals surface area contributed by atoms with Gasteiger partial charge in [0.15, 0.2) is 0 Å². The first-order valence-electron chi connectivity index (χ1n) is 5.70. The molecule has 0 bridgehead atoms. The lowest BCUT2D eigenvalue weighted by atomic mass is 9.91. The third-order valence-electron chi connectivity index (χ3n) is 2.99. The maximum Gasteiger partial charge on any atom is 0.0273 e. The molecule has 1 nitrogen and oxygen atoms in total. The molecule has 0 atom stereocenters. The second-order valence-corrected chi connectivity index (χ2v) is 4.41. The molecule has 0 aliphatic heterocycles. The van der Waals surface area contributed by atoms with E-state index in [1.807, 2.05) is 12.4 Å². The Morgan fingerprint density at radius 2 is 1.69 bits per heavy atom. The van der Waals surface area contributed by atoms with Crippen LogP contribution in [0.1, 0.15) is 30.9 Å². The van der Waals surface area contributed by atoms with Gasteiger partial charge in [0.05, 0.1) is 0 Å². The minimum Gasteiger partial charge on any atom is -0.265 e. The van der Waals surface area contributed by atoms with E-state index in [9.17, 15) is 0 Å². The van der Waals surface area contributed by atoms with Crippen LogP contribution in [0.3, 0.4) is 0 Å². The smallest absolute Gasteiger partial charge is 0.0273 e. The van der Waals surface area contributed by atoms with Gasteiger partial charge >= 0.3 is 0 Å². The van der Waals surface area contributed by atoms with E-state index in [0.29, 0.717) is 5.92 Å². The Kier molecular flexibility index (Phi) is 3.04. The Bertz CT molecular complexity index is 472. The topological polar surface area (TPSA) is 12.9 Å². The van der Waals surface area contributed by atoms with Crippen molar-refractivity contribution < 1.29 is 0 Å². The summed E-state index contributed by atoms with van der Waals surface area (Å²) in [6, 6.07) is 10.7. The van der Waals surface area contributed by atoms with E-state index in [1.54, 1.807) is 0 Å². The van der Waals surface area contributed by atoms with Crippen molar-refractivity contribution in [2.45, 2.75) is 26.7 Å². The van der Waals surface area contributed by atoms with Crippen LogP contribution in [0, 0.1) is 6.92 Å². The Morgan fingerprint density at radius 1 is 1.00 bits per heavy atom. The zero-order valence-corrected chi connectivity index (χ0v) is 10.1. The number of hydrogen-bond donors (Lipinski definition) is 0. The summed E-state index contributed by atoms with van der Waals surface area (Å²) in [7, 11) is 0. The standard InChI is InChI=1S/C15H17N/c1-11(2)14-5-4-6-15(12(14)3)13-7-9-16-10-8-13/h4-11H,1-3H3. The maximum atomic E-state index is 4.06. The highest BCUT2D eigenvalue weighted by Gasteiger charge is 2.08. The molecule has 1 aromatic carbocycles. The zero-order chi connectivity index (χ0) is 11.5. The lowest BCUT2D eigenvalue weighted by Crippen LogP contribution is -1.94. The molecular weight excluding hydrogens is 194 g/mol. The lowest BCUT2D eigenvalue weighted by molar-refractivity contribution is 0.857. The van der Waals surface area contributed by atoms with Crippen molar-refractivity contribution in [1.29, 1.82) is 0 Å². The van der Waals surface area contributed by atoms with Crippen LogP contribution in [-0.4, -0.2) is 4.98 Å². The van der Waals surface area contributed by atoms with Crippen molar-refractivity contribution in [3.05, 3.63) is 53.9 Å². The molecule has 1 aromatic heterocycles. The predicted octanol–water partition coefficient (Wildman–Crippen LogP) is 4.18. The molecule has 82 valence electrons. The summed E-state index contributed by atoms with van der Waals surface area (Å²) in [4.78, 5) is 4.06. The zero-order valence-electron chi connectivity index (χ0n) is 10.1. The number of benzene rings is 1. The molecule has 0 N–H and O–H groups in total. The molecule has 2 rings (SSSR count). The molecule has 0 radical (unpaired) electrons. The van der Waals surface area contributed by atoms with Gasteiger partial charge in [-0.25, -0.2) is 0 Å². The van der Waals surface area contributed by atoms with Crippen molar-refractivity contribution >= 4 is 0 Å². The van der Waals surface area contributed by atoms with Gasteiger partial charge in [-0.15, -0.1) is 0 Å².